The lowest BCUT2D eigenvalue weighted by Gasteiger charge is -2.23. The van der Waals surface area contributed by atoms with Crippen LogP contribution >= 0.6 is 11.3 Å². The van der Waals surface area contributed by atoms with Gasteiger partial charge >= 0.3 is 5.97 Å². The Bertz CT molecular complexity index is 421. The first kappa shape index (κ1) is 13.4. The Morgan fingerprint density at radius 3 is 2.71 bits per heavy atom. The van der Waals surface area contributed by atoms with Gasteiger partial charge in [-0.05, 0) is 11.4 Å². The molecule has 0 aliphatic carbocycles. The van der Waals surface area contributed by atoms with Gasteiger partial charge in [-0.2, -0.15) is 0 Å². The quantitative estimate of drug-likeness (QED) is 0.786. The Balaban J connectivity index is 2.50. The molecule has 0 saturated heterocycles. The molecule has 0 saturated carbocycles. The highest BCUT2D eigenvalue weighted by atomic mass is 32.1. The third kappa shape index (κ3) is 4.40. The molecular formula is C12H15NO3S. The van der Waals surface area contributed by atoms with E-state index in [4.69, 9.17) is 5.11 Å². The highest BCUT2D eigenvalue weighted by Crippen LogP contribution is 2.26. The number of nitrogens with one attached hydrogen (secondary N) is 1. The molecule has 1 aromatic rings. The molecule has 1 aromatic heterocycles. The largest absolute Gasteiger partial charge is 0.478 e. The summed E-state index contributed by atoms with van der Waals surface area (Å²) in [5, 5.41) is 13.0. The molecule has 2 N–H and O–H groups in total. The van der Waals surface area contributed by atoms with Gasteiger partial charge in [0, 0.05) is 29.0 Å². The minimum atomic E-state index is -1.13. The number of carbonyl (C=O) groups is 2. The molecule has 0 radical (unpaired) electrons. The van der Waals surface area contributed by atoms with Crippen LogP contribution in [0.1, 0.15) is 18.7 Å². The van der Waals surface area contributed by atoms with E-state index in [0.717, 1.165) is 12.2 Å². The number of carbonyl (C=O) groups excluding carboxylic acids is 1. The number of amides is 1. The summed E-state index contributed by atoms with van der Waals surface area (Å²) < 4.78 is 0. The number of rotatable bonds is 5. The first-order valence-corrected chi connectivity index (χ1v) is 6.02. The van der Waals surface area contributed by atoms with Crippen molar-refractivity contribution in [3.05, 3.63) is 34.5 Å². The van der Waals surface area contributed by atoms with Gasteiger partial charge in [-0.1, -0.05) is 19.9 Å². The first-order chi connectivity index (χ1) is 7.92. The van der Waals surface area contributed by atoms with E-state index in [0.29, 0.717) is 6.54 Å². The third-order valence-corrected chi connectivity index (χ3v) is 3.51. The zero-order chi connectivity index (χ0) is 12.9. The summed E-state index contributed by atoms with van der Waals surface area (Å²) in [5.74, 6) is -1.52. The number of hydrogen-bond donors (Lipinski definition) is 2. The van der Waals surface area contributed by atoms with Crippen LogP contribution in [0.3, 0.4) is 0 Å². The molecule has 5 heteroatoms. The maximum Gasteiger partial charge on any atom is 0.328 e. The fourth-order valence-electron chi connectivity index (χ4n) is 1.26. The lowest BCUT2D eigenvalue weighted by atomic mass is 9.91. The topological polar surface area (TPSA) is 66.4 Å². The summed E-state index contributed by atoms with van der Waals surface area (Å²) in [5.41, 5.74) is -0.152. The van der Waals surface area contributed by atoms with Crippen LogP contribution < -0.4 is 5.32 Å². The molecule has 0 bridgehead atoms. The number of carboxylic acids is 1. The Labute approximate surface area is 104 Å². The van der Waals surface area contributed by atoms with Crippen LogP contribution in [-0.4, -0.2) is 23.5 Å². The van der Waals surface area contributed by atoms with Gasteiger partial charge in [0.25, 0.3) is 0 Å². The molecule has 92 valence electrons. The lowest BCUT2D eigenvalue weighted by molar-refractivity contribution is -0.131. The van der Waals surface area contributed by atoms with Gasteiger partial charge in [-0.3, -0.25) is 4.79 Å². The van der Waals surface area contributed by atoms with E-state index in [2.05, 4.69) is 5.32 Å². The van der Waals surface area contributed by atoms with Crippen LogP contribution in [0, 0.1) is 0 Å². The number of carboxylic acid groups (broad SMARTS) is 1. The zero-order valence-corrected chi connectivity index (χ0v) is 10.6. The van der Waals surface area contributed by atoms with Crippen molar-refractivity contribution < 1.29 is 14.7 Å². The normalized spacial score (nSPS) is 11.6. The Kier molecular flexibility index (Phi) is 4.45. The Morgan fingerprint density at radius 1 is 1.47 bits per heavy atom. The fourth-order valence-corrected chi connectivity index (χ4v) is 2.12. The standard InChI is InChI=1S/C12H15NO3S/c1-12(2,9-4-3-7-17-9)8-13-10(14)5-6-11(15)16/h3-7H,8H2,1-2H3,(H,13,14)(H,15,16)/b6-5+. The first-order valence-electron chi connectivity index (χ1n) is 5.14. The van der Waals surface area contributed by atoms with Crippen molar-refractivity contribution in [2.24, 2.45) is 0 Å². The summed E-state index contributed by atoms with van der Waals surface area (Å²) in [7, 11) is 0. The Hall–Kier alpha value is -1.62. The predicted octanol–water partition coefficient (Wildman–Crippen LogP) is 1.78. The van der Waals surface area contributed by atoms with Gasteiger partial charge in [0.1, 0.15) is 0 Å². The molecule has 0 fully saturated rings. The molecule has 4 nitrogen and oxygen atoms in total. The van der Waals surface area contributed by atoms with Crippen LogP contribution in [0.4, 0.5) is 0 Å². The van der Waals surface area contributed by atoms with E-state index < -0.39 is 11.9 Å². The molecule has 17 heavy (non-hydrogen) atoms. The molecule has 0 aliphatic rings. The van der Waals surface area contributed by atoms with E-state index in [-0.39, 0.29) is 5.41 Å². The van der Waals surface area contributed by atoms with Crippen molar-refractivity contribution in [2.45, 2.75) is 19.3 Å². The van der Waals surface area contributed by atoms with E-state index in [1.807, 2.05) is 31.4 Å². The number of hydrogen-bond acceptors (Lipinski definition) is 3. The van der Waals surface area contributed by atoms with Crippen molar-refractivity contribution >= 4 is 23.2 Å². The molecule has 1 heterocycles. The van der Waals surface area contributed by atoms with Crippen molar-refractivity contribution in [1.82, 2.24) is 5.32 Å². The second kappa shape index (κ2) is 5.63. The molecule has 0 aliphatic heterocycles. The van der Waals surface area contributed by atoms with Gasteiger partial charge in [-0.25, -0.2) is 4.79 Å². The summed E-state index contributed by atoms with van der Waals surface area (Å²) in [6, 6.07) is 3.98. The third-order valence-electron chi connectivity index (χ3n) is 2.27. The number of thiophene rings is 1. The molecule has 0 aromatic carbocycles. The van der Waals surface area contributed by atoms with E-state index in [1.54, 1.807) is 11.3 Å². The zero-order valence-electron chi connectivity index (χ0n) is 9.77. The number of aliphatic carboxylic acids is 1. The Morgan fingerprint density at radius 2 is 2.18 bits per heavy atom. The van der Waals surface area contributed by atoms with E-state index in [1.165, 1.54) is 4.88 Å². The van der Waals surface area contributed by atoms with Crippen molar-refractivity contribution in [2.75, 3.05) is 6.54 Å². The fraction of sp³-hybridized carbons (Fsp3) is 0.333. The monoisotopic (exact) mass is 253 g/mol. The highest BCUT2D eigenvalue weighted by Gasteiger charge is 2.21. The minimum absolute atomic E-state index is 0.152. The van der Waals surface area contributed by atoms with Crippen LogP contribution in [0.25, 0.3) is 0 Å². The summed E-state index contributed by atoms with van der Waals surface area (Å²) in [6.07, 6.45) is 1.85. The van der Waals surface area contributed by atoms with Gasteiger partial charge in [0.05, 0.1) is 0 Å². The van der Waals surface area contributed by atoms with E-state index in [9.17, 15) is 9.59 Å². The van der Waals surface area contributed by atoms with Crippen LogP contribution in [0.15, 0.2) is 29.7 Å². The van der Waals surface area contributed by atoms with Gasteiger partial charge in [-0.15, -0.1) is 11.3 Å². The maximum atomic E-state index is 11.3. The van der Waals surface area contributed by atoms with Crippen molar-refractivity contribution in [1.29, 1.82) is 0 Å². The average molecular weight is 253 g/mol. The highest BCUT2D eigenvalue weighted by molar-refractivity contribution is 7.10. The van der Waals surface area contributed by atoms with Crippen LogP contribution in [0.5, 0.6) is 0 Å². The van der Waals surface area contributed by atoms with Crippen molar-refractivity contribution in [3.63, 3.8) is 0 Å². The van der Waals surface area contributed by atoms with Crippen molar-refractivity contribution in [3.8, 4) is 0 Å². The average Bonchev–Trinajstić information content (AvgIpc) is 2.77. The molecule has 0 spiro atoms. The predicted molar refractivity (Wildman–Crippen MR) is 67.1 cm³/mol. The van der Waals surface area contributed by atoms with Gasteiger partial charge in [0.2, 0.25) is 5.91 Å². The molecule has 1 amide bonds. The summed E-state index contributed by atoms with van der Waals surface area (Å²) in [6.45, 7) is 4.52. The summed E-state index contributed by atoms with van der Waals surface area (Å²) >= 11 is 1.64. The smallest absolute Gasteiger partial charge is 0.328 e. The molecule has 0 atom stereocenters. The molecule has 0 unspecified atom stereocenters. The second-order valence-electron chi connectivity index (χ2n) is 4.25. The van der Waals surface area contributed by atoms with Crippen LogP contribution in [0.2, 0.25) is 0 Å². The molecular weight excluding hydrogens is 238 g/mol. The van der Waals surface area contributed by atoms with E-state index >= 15 is 0 Å². The minimum Gasteiger partial charge on any atom is -0.478 e. The van der Waals surface area contributed by atoms with Gasteiger partial charge in [0.15, 0.2) is 0 Å². The van der Waals surface area contributed by atoms with Gasteiger partial charge < -0.3 is 10.4 Å². The second-order valence-corrected chi connectivity index (χ2v) is 5.20. The molecule has 1 rings (SSSR count). The lowest BCUT2D eigenvalue weighted by Crippen LogP contribution is -2.35. The summed E-state index contributed by atoms with van der Waals surface area (Å²) in [4.78, 5) is 22.7. The maximum absolute atomic E-state index is 11.3. The SMILES string of the molecule is CC(C)(CNC(=O)/C=C/C(=O)O)c1cccs1. The van der Waals surface area contributed by atoms with Crippen LogP contribution in [-0.2, 0) is 15.0 Å².